The minimum atomic E-state index is 0.385. The van der Waals surface area contributed by atoms with Gasteiger partial charge in [0, 0.05) is 25.6 Å². The van der Waals surface area contributed by atoms with E-state index in [2.05, 4.69) is 17.1 Å². The molecular formula is C15H28N2O. The zero-order valence-corrected chi connectivity index (χ0v) is 11.8. The Morgan fingerprint density at radius 1 is 1.28 bits per heavy atom. The molecule has 1 aliphatic carbocycles. The zero-order chi connectivity index (χ0) is 12.8. The molecule has 3 heteroatoms. The third-order valence-electron chi connectivity index (χ3n) is 4.14. The number of rotatable bonds is 7. The minimum absolute atomic E-state index is 0.385. The maximum atomic E-state index is 12.2. The first-order valence-electron chi connectivity index (χ1n) is 7.80. The number of piperidine rings is 1. The van der Waals surface area contributed by atoms with Crippen molar-refractivity contribution >= 4 is 5.91 Å². The number of carbonyl (C=O) groups excluding carboxylic acids is 1. The number of hydrogen-bond acceptors (Lipinski definition) is 2. The van der Waals surface area contributed by atoms with Crippen LogP contribution in [0.15, 0.2) is 0 Å². The molecule has 1 amide bonds. The van der Waals surface area contributed by atoms with Crippen molar-refractivity contribution in [1.82, 2.24) is 10.2 Å². The summed E-state index contributed by atoms with van der Waals surface area (Å²) in [7, 11) is 0. The highest BCUT2D eigenvalue weighted by molar-refractivity contribution is 5.76. The molecule has 0 radical (unpaired) electrons. The standard InChI is InChI=1S/C15H28N2O/c1-2-11-17(12-13-6-7-13)15(18)9-8-14-5-3-4-10-16-14/h13-14,16H,2-12H2,1H3. The van der Waals surface area contributed by atoms with E-state index in [9.17, 15) is 4.79 Å². The fraction of sp³-hybridized carbons (Fsp3) is 0.933. The summed E-state index contributed by atoms with van der Waals surface area (Å²) < 4.78 is 0. The van der Waals surface area contributed by atoms with Crippen LogP contribution in [0.2, 0.25) is 0 Å². The van der Waals surface area contributed by atoms with E-state index in [1.165, 1.54) is 32.1 Å². The van der Waals surface area contributed by atoms with E-state index in [1.807, 2.05) is 0 Å². The second-order valence-corrected chi connectivity index (χ2v) is 5.97. The van der Waals surface area contributed by atoms with Gasteiger partial charge in [0.15, 0.2) is 0 Å². The zero-order valence-electron chi connectivity index (χ0n) is 11.8. The monoisotopic (exact) mass is 252 g/mol. The van der Waals surface area contributed by atoms with Gasteiger partial charge in [-0.3, -0.25) is 4.79 Å². The number of nitrogens with zero attached hydrogens (tertiary/aromatic N) is 1. The van der Waals surface area contributed by atoms with Crippen molar-refractivity contribution in [3.63, 3.8) is 0 Å². The van der Waals surface area contributed by atoms with Crippen LogP contribution in [0.3, 0.4) is 0 Å². The molecule has 1 heterocycles. The van der Waals surface area contributed by atoms with E-state index >= 15 is 0 Å². The molecule has 1 aliphatic heterocycles. The predicted molar refractivity (Wildman–Crippen MR) is 74.5 cm³/mol. The lowest BCUT2D eigenvalue weighted by Crippen LogP contribution is -2.37. The molecule has 2 aliphatic rings. The molecule has 1 unspecified atom stereocenters. The van der Waals surface area contributed by atoms with Crippen LogP contribution in [0.1, 0.15) is 58.3 Å². The Morgan fingerprint density at radius 3 is 2.72 bits per heavy atom. The third-order valence-corrected chi connectivity index (χ3v) is 4.14. The average molecular weight is 252 g/mol. The van der Waals surface area contributed by atoms with E-state index in [4.69, 9.17) is 0 Å². The van der Waals surface area contributed by atoms with Gasteiger partial charge in [-0.15, -0.1) is 0 Å². The van der Waals surface area contributed by atoms with Gasteiger partial charge in [-0.1, -0.05) is 13.3 Å². The van der Waals surface area contributed by atoms with Crippen LogP contribution in [0, 0.1) is 5.92 Å². The molecule has 3 nitrogen and oxygen atoms in total. The molecule has 0 aromatic carbocycles. The number of hydrogen-bond donors (Lipinski definition) is 1. The van der Waals surface area contributed by atoms with Gasteiger partial charge in [0.1, 0.15) is 0 Å². The molecule has 2 rings (SSSR count). The van der Waals surface area contributed by atoms with Crippen LogP contribution in [-0.4, -0.2) is 36.5 Å². The summed E-state index contributed by atoms with van der Waals surface area (Å²) in [5, 5.41) is 3.53. The lowest BCUT2D eigenvalue weighted by atomic mass is 10.0. The van der Waals surface area contributed by atoms with E-state index in [0.29, 0.717) is 11.9 Å². The third kappa shape index (κ3) is 4.60. The minimum Gasteiger partial charge on any atom is -0.342 e. The quantitative estimate of drug-likeness (QED) is 0.755. The molecule has 0 aromatic rings. The topological polar surface area (TPSA) is 32.3 Å². The van der Waals surface area contributed by atoms with Crippen LogP contribution >= 0.6 is 0 Å². The van der Waals surface area contributed by atoms with Crippen molar-refractivity contribution in [2.24, 2.45) is 5.92 Å². The van der Waals surface area contributed by atoms with Gasteiger partial charge >= 0.3 is 0 Å². The van der Waals surface area contributed by atoms with Gasteiger partial charge in [0.05, 0.1) is 0 Å². The Morgan fingerprint density at radius 2 is 2.11 bits per heavy atom. The molecule has 0 spiro atoms. The Bertz CT molecular complexity index is 257. The molecule has 18 heavy (non-hydrogen) atoms. The van der Waals surface area contributed by atoms with Crippen LogP contribution in [0.5, 0.6) is 0 Å². The maximum absolute atomic E-state index is 12.2. The van der Waals surface area contributed by atoms with Crippen LogP contribution in [-0.2, 0) is 4.79 Å². The van der Waals surface area contributed by atoms with Crippen molar-refractivity contribution in [3.05, 3.63) is 0 Å². The maximum Gasteiger partial charge on any atom is 0.222 e. The predicted octanol–water partition coefficient (Wildman–Crippen LogP) is 2.56. The first-order valence-corrected chi connectivity index (χ1v) is 7.80. The van der Waals surface area contributed by atoms with Gasteiger partial charge in [-0.2, -0.15) is 0 Å². The van der Waals surface area contributed by atoms with Crippen molar-refractivity contribution in [3.8, 4) is 0 Å². The lowest BCUT2D eigenvalue weighted by Gasteiger charge is -2.26. The first-order chi connectivity index (χ1) is 8.79. The summed E-state index contributed by atoms with van der Waals surface area (Å²) in [5.41, 5.74) is 0. The molecule has 1 atom stereocenters. The summed E-state index contributed by atoms with van der Waals surface area (Å²) in [6.45, 7) is 5.27. The highest BCUT2D eigenvalue weighted by Gasteiger charge is 2.26. The number of carbonyl (C=O) groups is 1. The number of nitrogens with one attached hydrogen (secondary N) is 1. The number of amides is 1. The molecular weight excluding hydrogens is 224 g/mol. The van der Waals surface area contributed by atoms with E-state index < -0.39 is 0 Å². The Balaban J connectivity index is 1.69. The van der Waals surface area contributed by atoms with E-state index in [1.54, 1.807) is 0 Å². The van der Waals surface area contributed by atoms with Crippen LogP contribution < -0.4 is 5.32 Å². The summed E-state index contributed by atoms with van der Waals surface area (Å²) in [6.07, 6.45) is 9.40. The van der Waals surface area contributed by atoms with Crippen molar-refractivity contribution < 1.29 is 4.79 Å². The summed E-state index contributed by atoms with van der Waals surface area (Å²) in [5.74, 6) is 1.20. The Hall–Kier alpha value is -0.570. The fourth-order valence-corrected chi connectivity index (χ4v) is 2.83. The Labute approximate surface area is 111 Å². The highest BCUT2D eigenvalue weighted by Crippen LogP contribution is 2.30. The van der Waals surface area contributed by atoms with E-state index in [0.717, 1.165) is 44.8 Å². The van der Waals surface area contributed by atoms with Crippen molar-refractivity contribution in [2.75, 3.05) is 19.6 Å². The molecule has 2 fully saturated rings. The largest absolute Gasteiger partial charge is 0.342 e. The van der Waals surface area contributed by atoms with Gasteiger partial charge < -0.3 is 10.2 Å². The van der Waals surface area contributed by atoms with E-state index in [-0.39, 0.29) is 0 Å². The Kier molecular flexibility index (Phi) is 5.48. The van der Waals surface area contributed by atoms with Gasteiger partial charge in [0.25, 0.3) is 0 Å². The van der Waals surface area contributed by atoms with Crippen LogP contribution in [0.4, 0.5) is 0 Å². The van der Waals surface area contributed by atoms with Gasteiger partial charge in [-0.25, -0.2) is 0 Å². The SMILES string of the molecule is CCCN(CC1CC1)C(=O)CCC1CCCCN1. The van der Waals surface area contributed by atoms with Crippen LogP contribution in [0.25, 0.3) is 0 Å². The molecule has 104 valence electrons. The smallest absolute Gasteiger partial charge is 0.222 e. The summed E-state index contributed by atoms with van der Waals surface area (Å²) in [6, 6.07) is 0.590. The summed E-state index contributed by atoms with van der Waals surface area (Å²) >= 11 is 0. The van der Waals surface area contributed by atoms with Crippen molar-refractivity contribution in [1.29, 1.82) is 0 Å². The van der Waals surface area contributed by atoms with Gasteiger partial charge in [-0.05, 0) is 51.0 Å². The molecule has 1 N–H and O–H groups in total. The molecule has 1 saturated heterocycles. The fourth-order valence-electron chi connectivity index (χ4n) is 2.83. The summed E-state index contributed by atoms with van der Waals surface area (Å²) in [4.78, 5) is 14.3. The lowest BCUT2D eigenvalue weighted by molar-refractivity contribution is -0.131. The van der Waals surface area contributed by atoms with Gasteiger partial charge in [0.2, 0.25) is 5.91 Å². The van der Waals surface area contributed by atoms with Crippen molar-refractivity contribution in [2.45, 2.75) is 64.3 Å². The molecule has 1 saturated carbocycles. The second kappa shape index (κ2) is 7.13. The first kappa shape index (κ1) is 13.9. The molecule has 0 bridgehead atoms. The molecule has 0 aromatic heterocycles. The second-order valence-electron chi connectivity index (χ2n) is 5.97. The average Bonchev–Trinajstić information content (AvgIpc) is 3.21. The normalized spacial score (nSPS) is 23.9. The highest BCUT2D eigenvalue weighted by atomic mass is 16.2.